The highest BCUT2D eigenvalue weighted by atomic mass is 35.5. The number of benzene rings is 2. The predicted molar refractivity (Wildman–Crippen MR) is 76.3 cm³/mol. The Morgan fingerprint density at radius 1 is 1.17 bits per heavy atom. The minimum atomic E-state index is 0.315. The van der Waals surface area contributed by atoms with Gasteiger partial charge in [-0.15, -0.1) is 0 Å². The van der Waals surface area contributed by atoms with Gasteiger partial charge in [0.1, 0.15) is 5.75 Å². The molecule has 94 valence electrons. The molecule has 0 fully saturated rings. The van der Waals surface area contributed by atoms with Crippen molar-refractivity contribution in [1.29, 1.82) is 0 Å². The van der Waals surface area contributed by atoms with E-state index in [-0.39, 0.29) is 0 Å². The standard InChI is InChI=1S/C14H13Cl2NO/c1-18-10-4-2-3-9(7-10)11-5-6-13(15)12(8-17)14(11)16/h2-7H,8,17H2,1H3. The van der Waals surface area contributed by atoms with Crippen LogP contribution >= 0.6 is 23.2 Å². The van der Waals surface area contributed by atoms with Crippen LogP contribution in [0.2, 0.25) is 10.0 Å². The van der Waals surface area contributed by atoms with Gasteiger partial charge in [0.2, 0.25) is 0 Å². The molecule has 0 saturated carbocycles. The first-order chi connectivity index (χ1) is 8.67. The molecule has 0 atom stereocenters. The van der Waals surface area contributed by atoms with Crippen molar-refractivity contribution in [2.45, 2.75) is 6.54 Å². The molecule has 0 aromatic heterocycles. The Bertz CT molecular complexity index is 570. The van der Waals surface area contributed by atoms with E-state index in [2.05, 4.69) is 0 Å². The summed E-state index contributed by atoms with van der Waals surface area (Å²) in [6.07, 6.45) is 0. The lowest BCUT2D eigenvalue weighted by Crippen LogP contribution is -1.99. The van der Waals surface area contributed by atoms with Gasteiger partial charge in [-0.3, -0.25) is 0 Å². The monoisotopic (exact) mass is 281 g/mol. The van der Waals surface area contributed by atoms with Crippen LogP contribution in [0.1, 0.15) is 5.56 Å². The minimum Gasteiger partial charge on any atom is -0.497 e. The van der Waals surface area contributed by atoms with Crippen molar-refractivity contribution < 1.29 is 4.74 Å². The third-order valence-electron chi connectivity index (χ3n) is 2.77. The Balaban J connectivity index is 2.57. The van der Waals surface area contributed by atoms with Crippen LogP contribution in [-0.2, 0) is 6.54 Å². The lowest BCUT2D eigenvalue weighted by molar-refractivity contribution is 0.415. The van der Waals surface area contributed by atoms with Crippen LogP contribution in [0.25, 0.3) is 11.1 Å². The van der Waals surface area contributed by atoms with E-state index >= 15 is 0 Å². The van der Waals surface area contributed by atoms with Crippen LogP contribution in [0.3, 0.4) is 0 Å². The molecule has 2 rings (SSSR count). The zero-order valence-electron chi connectivity index (χ0n) is 9.91. The third kappa shape index (κ3) is 2.46. The van der Waals surface area contributed by atoms with Crippen LogP contribution in [0.4, 0.5) is 0 Å². The van der Waals surface area contributed by atoms with E-state index in [0.29, 0.717) is 16.6 Å². The fourth-order valence-electron chi connectivity index (χ4n) is 1.80. The summed E-state index contributed by atoms with van der Waals surface area (Å²) < 4.78 is 5.20. The molecule has 4 heteroatoms. The number of ether oxygens (including phenoxy) is 1. The van der Waals surface area contributed by atoms with E-state index in [1.165, 1.54) is 0 Å². The molecule has 0 aliphatic rings. The first kappa shape index (κ1) is 13.2. The Labute approximate surface area is 116 Å². The Morgan fingerprint density at radius 3 is 2.61 bits per heavy atom. The Kier molecular flexibility index (Phi) is 4.12. The Hall–Kier alpha value is -1.22. The molecule has 0 heterocycles. The summed E-state index contributed by atoms with van der Waals surface area (Å²) in [4.78, 5) is 0. The molecule has 2 aromatic rings. The van der Waals surface area contributed by atoms with Crippen LogP contribution < -0.4 is 10.5 Å². The molecule has 0 amide bonds. The molecule has 2 N–H and O–H groups in total. The molecule has 0 saturated heterocycles. The highest BCUT2D eigenvalue weighted by molar-refractivity contribution is 6.37. The second-order valence-corrected chi connectivity index (χ2v) is 4.61. The molecule has 0 aliphatic carbocycles. The fraction of sp³-hybridized carbons (Fsp3) is 0.143. The van der Waals surface area contributed by atoms with E-state index in [1.807, 2.05) is 36.4 Å². The molecular weight excluding hydrogens is 269 g/mol. The maximum absolute atomic E-state index is 6.34. The largest absolute Gasteiger partial charge is 0.497 e. The fourth-order valence-corrected chi connectivity index (χ4v) is 2.43. The van der Waals surface area contributed by atoms with Gasteiger partial charge in [-0.25, -0.2) is 0 Å². The normalized spacial score (nSPS) is 10.4. The lowest BCUT2D eigenvalue weighted by Gasteiger charge is -2.11. The average Bonchev–Trinajstić information content (AvgIpc) is 2.39. The Morgan fingerprint density at radius 2 is 1.94 bits per heavy atom. The molecule has 2 nitrogen and oxygen atoms in total. The number of halogens is 2. The number of rotatable bonds is 3. The molecular formula is C14H13Cl2NO. The van der Waals surface area contributed by atoms with Crippen molar-refractivity contribution >= 4 is 23.2 Å². The number of hydrogen-bond donors (Lipinski definition) is 1. The summed E-state index contributed by atoms with van der Waals surface area (Å²) in [6.45, 7) is 0.315. The number of methoxy groups -OCH3 is 1. The average molecular weight is 282 g/mol. The molecule has 0 bridgehead atoms. The number of hydrogen-bond acceptors (Lipinski definition) is 2. The van der Waals surface area contributed by atoms with Crippen LogP contribution in [0.5, 0.6) is 5.75 Å². The maximum Gasteiger partial charge on any atom is 0.119 e. The van der Waals surface area contributed by atoms with Gasteiger partial charge in [0.05, 0.1) is 12.1 Å². The summed E-state index contributed by atoms with van der Waals surface area (Å²) >= 11 is 12.4. The topological polar surface area (TPSA) is 35.2 Å². The van der Waals surface area contributed by atoms with Gasteiger partial charge in [0, 0.05) is 22.7 Å². The highest BCUT2D eigenvalue weighted by Crippen LogP contribution is 2.35. The zero-order chi connectivity index (χ0) is 13.1. The van der Waals surface area contributed by atoms with E-state index in [1.54, 1.807) is 7.11 Å². The molecule has 0 unspecified atom stereocenters. The van der Waals surface area contributed by atoms with Gasteiger partial charge >= 0.3 is 0 Å². The summed E-state index contributed by atoms with van der Waals surface area (Å²) in [5.74, 6) is 0.785. The van der Waals surface area contributed by atoms with Crippen molar-refractivity contribution in [3.05, 3.63) is 52.0 Å². The third-order valence-corrected chi connectivity index (χ3v) is 3.56. The van der Waals surface area contributed by atoms with Gasteiger partial charge in [0.25, 0.3) is 0 Å². The van der Waals surface area contributed by atoms with Crippen molar-refractivity contribution in [2.24, 2.45) is 5.73 Å². The maximum atomic E-state index is 6.34. The second kappa shape index (κ2) is 5.61. The molecule has 0 spiro atoms. The van der Waals surface area contributed by atoms with Gasteiger partial charge in [-0.05, 0) is 23.8 Å². The smallest absolute Gasteiger partial charge is 0.119 e. The first-order valence-electron chi connectivity index (χ1n) is 5.48. The summed E-state index contributed by atoms with van der Waals surface area (Å²) in [6, 6.07) is 11.4. The van der Waals surface area contributed by atoms with Crippen molar-refractivity contribution in [3.8, 4) is 16.9 Å². The van der Waals surface area contributed by atoms with Crippen molar-refractivity contribution in [1.82, 2.24) is 0 Å². The minimum absolute atomic E-state index is 0.315. The van der Waals surface area contributed by atoms with E-state index in [0.717, 1.165) is 22.4 Å². The lowest BCUT2D eigenvalue weighted by atomic mass is 10.0. The summed E-state index contributed by atoms with van der Waals surface area (Å²) in [5.41, 5.74) is 8.30. The van der Waals surface area contributed by atoms with Crippen LogP contribution in [-0.4, -0.2) is 7.11 Å². The van der Waals surface area contributed by atoms with E-state index in [4.69, 9.17) is 33.7 Å². The number of nitrogens with two attached hydrogens (primary N) is 1. The van der Waals surface area contributed by atoms with Crippen molar-refractivity contribution in [2.75, 3.05) is 7.11 Å². The first-order valence-corrected chi connectivity index (χ1v) is 6.24. The molecule has 0 radical (unpaired) electrons. The van der Waals surface area contributed by atoms with Gasteiger partial charge in [0.15, 0.2) is 0 Å². The van der Waals surface area contributed by atoms with Gasteiger partial charge < -0.3 is 10.5 Å². The highest BCUT2D eigenvalue weighted by Gasteiger charge is 2.11. The second-order valence-electron chi connectivity index (χ2n) is 3.82. The molecule has 2 aromatic carbocycles. The zero-order valence-corrected chi connectivity index (χ0v) is 11.4. The van der Waals surface area contributed by atoms with Crippen LogP contribution in [0, 0.1) is 0 Å². The van der Waals surface area contributed by atoms with Crippen LogP contribution in [0.15, 0.2) is 36.4 Å². The molecule has 18 heavy (non-hydrogen) atoms. The van der Waals surface area contributed by atoms with E-state index < -0.39 is 0 Å². The summed E-state index contributed by atoms with van der Waals surface area (Å²) in [7, 11) is 1.63. The van der Waals surface area contributed by atoms with Gasteiger partial charge in [-0.1, -0.05) is 41.4 Å². The summed E-state index contributed by atoms with van der Waals surface area (Å²) in [5, 5.41) is 1.19. The van der Waals surface area contributed by atoms with E-state index in [9.17, 15) is 0 Å². The molecule has 0 aliphatic heterocycles. The van der Waals surface area contributed by atoms with Gasteiger partial charge in [-0.2, -0.15) is 0 Å². The predicted octanol–water partition coefficient (Wildman–Crippen LogP) is 4.13. The quantitative estimate of drug-likeness (QED) is 0.918. The SMILES string of the molecule is COc1cccc(-c2ccc(Cl)c(CN)c2Cl)c1. The van der Waals surface area contributed by atoms with Crippen molar-refractivity contribution in [3.63, 3.8) is 0 Å².